The van der Waals surface area contributed by atoms with Crippen LogP contribution in [0, 0.1) is 18.6 Å². The van der Waals surface area contributed by atoms with Gasteiger partial charge < -0.3 is 15.1 Å². The van der Waals surface area contributed by atoms with E-state index in [0.29, 0.717) is 43.6 Å². The minimum atomic E-state index is -0.848. The van der Waals surface area contributed by atoms with Crippen LogP contribution in [0.3, 0.4) is 0 Å². The van der Waals surface area contributed by atoms with Crippen LogP contribution in [0.4, 0.5) is 26.2 Å². The van der Waals surface area contributed by atoms with Crippen LogP contribution >= 0.6 is 0 Å². The Labute approximate surface area is 172 Å². The summed E-state index contributed by atoms with van der Waals surface area (Å²) in [6, 6.07) is 10.9. The molecular formula is C21H20F2N6O. The fourth-order valence-corrected chi connectivity index (χ4v) is 3.30. The summed E-state index contributed by atoms with van der Waals surface area (Å²) in [7, 11) is 0. The zero-order valence-electron chi connectivity index (χ0n) is 16.3. The molecular weight excluding hydrogens is 390 g/mol. The molecule has 3 aromatic rings. The molecule has 9 heteroatoms. The van der Waals surface area contributed by atoms with Crippen molar-refractivity contribution in [3.63, 3.8) is 0 Å². The average Bonchev–Trinajstić information content (AvgIpc) is 2.74. The topological polar surface area (TPSA) is 74.2 Å². The van der Waals surface area contributed by atoms with E-state index in [1.165, 1.54) is 11.0 Å². The Morgan fingerprint density at radius 1 is 0.967 bits per heavy atom. The molecule has 0 atom stereocenters. The number of nitrogens with one attached hydrogen (secondary N) is 1. The molecule has 7 nitrogen and oxygen atoms in total. The van der Waals surface area contributed by atoms with Crippen molar-refractivity contribution in [1.82, 2.24) is 20.1 Å². The van der Waals surface area contributed by atoms with Crippen molar-refractivity contribution < 1.29 is 13.6 Å². The lowest BCUT2D eigenvalue weighted by molar-refractivity contribution is 0.0736. The zero-order valence-corrected chi connectivity index (χ0v) is 16.3. The van der Waals surface area contributed by atoms with Gasteiger partial charge in [-0.15, -0.1) is 10.2 Å². The number of aryl methyl sites for hydroxylation is 1. The molecule has 3 heterocycles. The van der Waals surface area contributed by atoms with Crippen molar-refractivity contribution >= 4 is 23.4 Å². The van der Waals surface area contributed by atoms with Gasteiger partial charge >= 0.3 is 0 Å². The molecule has 1 aliphatic heterocycles. The number of pyridine rings is 1. The van der Waals surface area contributed by atoms with E-state index in [1.54, 1.807) is 12.3 Å². The molecule has 4 rings (SSSR count). The first-order chi connectivity index (χ1) is 14.5. The minimum Gasteiger partial charge on any atom is -0.352 e. The lowest BCUT2D eigenvalue weighted by Crippen LogP contribution is -2.49. The Balaban J connectivity index is 1.37. The Morgan fingerprint density at radius 3 is 2.33 bits per heavy atom. The van der Waals surface area contributed by atoms with Crippen molar-refractivity contribution in [3.8, 4) is 0 Å². The Morgan fingerprint density at radius 2 is 1.70 bits per heavy atom. The zero-order chi connectivity index (χ0) is 21.1. The standard InChI is InChI=1S/C21H20F2N6O/c1-14-7-8-24-18(13-14)25-17-5-6-19(27-26-17)28-9-11-29(12-10-28)21(30)20-15(22)3-2-4-16(20)23/h2-8,13H,9-12H2,1H3,(H,24,25,26). The van der Waals surface area contributed by atoms with Gasteiger partial charge in [0.05, 0.1) is 0 Å². The average molecular weight is 410 g/mol. The second-order valence-corrected chi connectivity index (χ2v) is 7.00. The van der Waals surface area contributed by atoms with Gasteiger partial charge in [-0.05, 0) is 48.9 Å². The minimum absolute atomic E-state index is 0.335. The summed E-state index contributed by atoms with van der Waals surface area (Å²) >= 11 is 0. The van der Waals surface area contributed by atoms with Crippen molar-refractivity contribution in [1.29, 1.82) is 0 Å². The maximum Gasteiger partial charge on any atom is 0.259 e. The number of carbonyl (C=O) groups is 1. The summed E-state index contributed by atoms with van der Waals surface area (Å²) in [4.78, 5) is 20.2. The van der Waals surface area contributed by atoms with Crippen molar-refractivity contribution in [2.45, 2.75) is 6.92 Å². The first kappa shape index (κ1) is 19.7. The second kappa shape index (κ2) is 8.40. The molecule has 0 aliphatic carbocycles. The molecule has 1 aromatic carbocycles. The predicted molar refractivity (Wildman–Crippen MR) is 109 cm³/mol. The summed E-state index contributed by atoms with van der Waals surface area (Å²) < 4.78 is 27.8. The lowest BCUT2D eigenvalue weighted by Gasteiger charge is -2.35. The molecule has 30 heavy (non-hydrogen) atoms. The van der Waals surface area contributed by atoms with Crippen molar-refractivity contribution in [2.24, 2.45) is 0 Å². The maximum atomic E-state index is 13.9. The Bertz CT molecular complexity index is 1030. The fraction of sp³-hybridized carbons (Fsp3) is 0.238. The number of aromatic nitrogens is 3. The van der Waals surface area contributed by atoms with Crippen LogP contribution < -0.4 is 10.2 Å². The highest BCUT2D eigenvalue weighted by atomic mass is 19.1. The van der Waals surface area contributed by atoms with E-state index in [9.17, 15) is 13.6 Å². The van der Waals surface area contributed by atoms with E-state index >= 15 is 0 Å². The number of piperazine rings is 1. The van der Waals surface area contributed by atoms with Gasteiger partial charge in [0.1, 0.15) is 23.0 Å². The van der Waals surface area contributed by atoms with Gasteiger partial charge in [0.15, 0.2) is 11.6 Å². The second-order valence-electron chi connectivity index (χ2n) is 7.00. The third-order valence-corrected chi connectivity index (χ3v) is 4.89. The molecule has 1 amide bonds. The third-order valence-electron chi connectivity index (χ3n) is 4.89. The molecule has 2 aromatic heterocycles. The normalized spacial score (nSPS) is 14.0. The number of hydrogen-bond donors (Lipinski definition) is 1. The smallest absolute Gasteiger partial charge is 0.259 e. The van der Waals surface area contributed by atoms with E-state index in [0.717, 1.165) is 17.7 Å². The van der Waals surface area contributed by atoms with Gasteiger partial charge in [-0.1, -0.05) is 6.07 Å². The summed E-state index contributed by atoms with van der Waals surface area (Å²) in [6.45, 7) is 3.63. The van der Waals surface area contributed by atoms with Crippen LogP contribution in [0.25, 0.3) is 0 Å². The van der Waals surface area contributed by atoms with Gasteiger partial charge in [-0.2, -0.15) is 0 Å². The van der Waals surface area contributed by atoms with E-state index in [2.05, 4.69) is 20.5 Å². The molecule has 0 radical (unpaired) electrons. The van der Waals surface area contributed by atoms with E-state index in [4.69, 9.17) is 0 Å². The first-order valence-electron chi connectivity index (χ1n) is 9.53. The maximum absolute atomic E-state index is 13.9. The van der Waals surface area contributed by atoms with Gasteiger partial charge in [0, 0.05) is 32.4 Å². The highest BCUT2D eigenvalue weighted by molar-refractivity contribution is 5.95. The van der Waals surface area contributed by atoms with Gasteiger partial charge in [0.25, 0.3) is 5.91 Å². The van der Waals surface area contributed by atoms with Crippen LogP contribution in [0.5, 0.6) is 0 Å². The van der Waals surface area contributed by atoms with Crippen LogP contribution in [0.15, 0.2) is 48.7 Å². The van der Waals surface area contributed by atoms with E-state index < -0.39 is 23.1 Å². The number of anilines is 3. The molecule has 1 saturated heterocycles. The Hall–Kier alpha value is -3.62. The van der Waals surface area contributed by atoms with Crippen molar-refractivity contribution in [3.05, 3.63) is 71.4 Å². The number of rotatable bonds is 4. The number of benzene rings is 1. The van der Waals surface area contributed by atoms with Crippen molar-refractivity contribution in [2.75, 3.05) is 36.4 Å². The SMILES string of the molecule is Cc1ccnc(Nc2ccc(N3CCN(C(=O)c4c(F)cccc4F)CC3)nn2)c1. The molecule has 154 valence electrons. The molecule has 0 bridgehead atoms. The number of amides is 1. The summed E-state index contributed by atoms with van der Waals surface area (Å²) in [5.74, 6) is -0.410. The summed E-state index contributed by atoms with van der Waals surface area (Å²) in [5, 5.41) is 11.5. The van der Waals surface area contributed by atoms with E-state index in [-0.39, 0.29) is 0 Å². The third kappa shape index (κ3) is 4.19. The first-order valence-corrected chi connectivity index (χ1v) is 9.53. The molecule has 1 aliphatic rings. The highest BCUT2D eigenvalue weighted by Gasteiger charge is 2.27. The predicted octanol–water partition coefficient (Wildman–Crippen LogP) is 3.16. The number of hydrogen-bond acceptors (Lipinski definition) is 6. The molecule has 1 N–H and O–H groups in total. The monoisotopic (exact) mass is 410 g/mol. The number of halogens is 2. The van der Waals surface area contributed by atoms with Gasteiger partial charge in [-0.25, -0.2) is 13.8 Å². The Kier molecular flexibility index (Phi) is 5.51. The number of nitrogens with zero attached hydrogens (tertiary/aromatic N) is 5. The lowest BCUT2D eigenvalue weighted by atomic mass is 10.1. The van der Waals surface area contributed by atoms with Gasteiger partial charge in [0.2, 0.25) is 0 Å². The molecule has 0 unspecified atom stereocenters. The summed E-state index contributed by atoms with van der Waals surface area (Å²) in [5.41, 5.74) is 0.575. The van der Waals surface area contributed by atoms with Crippen LogP contribution in [0.2, 0.25) is 0 Å². The van der Waals surface area contributed by atoms with Crippen LogP contribution in [0.1, 0.15) is 15.9 Å². The quantitative estimate of drug-likeness (QED) is 0.712. The van der Waals surface area contributed by atoms with Crippen LogP contribution in [-0.4, -0.2) is 52.2 Å². The highest BCUT2D eigenvalue weighted by Crippen LogP contribution is 2.19. The molecule has 1 fully saturated rings. The summed E-state index contributed by atoms with van der Waals surface area (Å²) in [6.07, 6.45) is 1.72. The van der Waals surface area contributed by atoms with Crippen LogP contribution in [-0.2, 0) is 0 Å². The number of carbonyl (C=O) groups excluding carboxylic acids is 1. The fourth-order valence-electron chi connectivity index (χ4n) is 3.30. The molecule has 0 saturated carbocycles. The van der Waals surface area contributed by atoms with Gasteiger partial charge in [-0.3, -0.25) is 4.79 Å². The largest absolute Gasteiger partial charge is 0.352 e. The molecule has 0 spiro atoms. The van der Waals surface area contributed by atoms with E-state index in [1.807, 2.05) is 30.0 Å².